The normalized spacial score (nSPS) is 11.8. The Morgan fingerprint density at radius 2 is 2.12 bits per heavy atom. The van der Waals surface area contributed by atoms with E-state index >= 15 is 0 Å². The zero-order valence-corrected chi connectivity index (χ0v) is 14.8. The zero-order chi connectivity index (χ0) is 18.2. The quantitative estimate of drug-likeness (QED) is 0.690. The molecule has 0 fully saturated rings. The molecule has 1 N–H and O–H groups in total. The van der Waals surface area contributed by atoms with E-state index in [1.54, 1.807) is 6.07 Å². The van der Waals surface area contributed by atoms with Crippen molar-refractivity contribution in [1.29, 1.82) is 0 Å². The smallest absolute Gasteiger partial charge is 0.435 e. The standard InChI is InChI=1S/C12H8F3N5O2S3/c1-2-5-3-4-6(23-5)20-10(17-18-19-20)25-11-16-8(12(13,14)15)7(24-11)9(21)22/h3-4H,2H2,1H3,(H,21,22). The summed E-state index contributed by atoms with van der Waals surface area (Å²) in [7, 11) is 0. The molecule has 0 saturated carbocycles. The summed E-state index contributed by atoms with van der Waals surface area (Å²) in [5, 5.41) is 21.0. The number of aryl methyl sites for hydroxylation is 1. The third-order valence-electron chi connectivity index (χ3n) is 2.89. The predicted octanol–water partition coefficient (Wildman–Crippen LogP) is 3.61. The number of hydrogen-bond acceptors (Lipinski definition) is 8. The molecule has 0 aliphatic carbocycles. The second-order valence-electron chi connectivity index (χ2n) is 4.53. The number of aromatic nitrogens is 5. The minimum absolute atomic E-state index is 0.104. The molecule has 0 bridgehead atoms. The first kappa shape index (κ1) is 17.8. The third kappa shape index (κ3) is 3.67. The molecule has 3 heterocycles. The number of rotatable bonds is 5. The van der Waals surface area contributed by atoms with Crippen molar-refractivity contribution in [3.8, 4) is 5.00 Å². The van der Waals surface area contributed by atoms with Gasteiger partial charge < -0.3 is 5.11 Å². The minimum Gasteiger partial charge on any atom is -0.477 e. The molecule has 3 aromatic rings. The van der Waals surface area contributed by atoms with Gasteiger partial charge in [-0.1, -0.05) is 18.3 Å². The summed E-state index contributed by atoms with van der Waals surface area (Å²) >= 11 is 2.66. The molecule has 0 amide bonds. The molecule has 13 heteroatoms. The number of aromatic carboxylic acids is 1. The first-order valence-corrected chi connectivity index (χ1v) is 9.11. The van der Waals surface area contributed by atoms with Crippen molar-refractivity contribution in [3.05, 3.63) is 27.6 Å². The molecular formula is C12H8F3N5O2S3. The maximum absolute atomic E-state index is 12.9. The van der Waals surface area contributed by atoms with Crippen LogP contribution in [0.2, 0.25) is 0 Å². The van der Waals surface area contributed by atoms with E-state index in [-0.39, 0.29) is 9.50 Å². The Hall–Kier alpha value is -1.99. The second-order valence-corrected chi connectivity index (χ2v) is 7.89. The summed E-state index contributed by atoms with van der Waals surface area (Å²) in [5.74, 6) is -1.68. The fraction of sp³-hybridized carbons (Fsp3) is 0.250. The van der Waals surface area contributed by atoms with Crippen LogP contribution in [0.3, 0.4) is 0 Å². The summed E-state index contributed by atoms with van der Waals surface area (Å²) in [6.45, 7) is 1.99. The van der Waals surface area contributed by atoms with Gasteiger partial charge in [0.2, 0.25) is 5.16 Å². The van der Waals surface area contributed by atoms with Crippen LogP contribution in [0.1, 0.15) is 27.2 Å². The molecule has 0 saturated heterocycles. The van der Waals surface area contributed by atoms with Gasteiger partial charge in [-0.3, -0.25) is 0 Å². The molecule has 0 aliphatic rings. The van der Waals surface area contributed by atoms with Crippen molar-refractivity contribution >= 4 is 40.4 Å². The average molecular weight is 407 g/mol. The van der Waals surface area contributed by atoms with E-state index in [1.807, 2.05) is 13.0 Å². The second kappa shape index (κ2) is 6.72. The van der Waals surface area contributed by atoms with Crippen molar-refractivity contribution < 1.29 is 23.1 Å². The van der Waals surface area contributed by atoms with E-state index in [4.69, 9.17) is 5.11 Å². The molecule has 0 atom stereocenters. The first-order chi connectivity index (χ1) is 11.8. The molecule has 0 unspecified atom stereocenters. The summed E-state index contributed by atoms with van der Waals surface area (Å²) in [6, 6.07) is 3.71. The van der Waals surface area contributed by atoms with Crippen molar-refractivity contribution in [1.82, 2.24) is 25.2 Å². The minimum atomic E-state index is -4.85. The lowest BCUT2D eigenvalue weighted by Crippen LogP contribution is -2.11. The lowest BCUT2D eigenvalue weighted by molar-refractivity contribution is -0.141. The fourth-order valence-electron chi connectivity index (χ4n) is 1.81. The van der Waals surface area contributed by atoms with Crippen LogP contribution < -0.4 is 0 Å². The van der Waals surface area contributed by atoms with E-state index < -0.39 is 22.7 Å². The Kier molecular flexibility index (Phi) is 4.79. The van der Waals surface area contributed by atoms with E-state index in [0.717, 1.165) is 23.1 Å². The highest BCUT2D eigenvalue weighted by Crippen LogP contribution is 2.39. The molecule has 0 aliphatic heterocycles. The number of carbonyl (C=O) groups is 1. The van der Waals surface area contributed by atoms with E-state index in [1.165, 1.54) is 16.0 Å². The lowest BCUT2D eigenvalue weighted by Gasteiger charge is -2.02. The Balaban J connectivity index is 1.94. The van der Waals surface area contributed by atoms with Crippen molar-refractivity contribution in [2.45, 2.75) is 29.0 Å². The number of alkyl halides is 3. The van der Waals surface area contributed by atoms with Gasteiger partial charge >= 0.3 is 12.1 Å². The highest BCUT2D eigenvalue weighted by Gasteiger charge is 2.40. The van der Waals surface area contributed by atoms with Crippen LogP contribution in [0.5, 0.6) is 0 Å². The van der Waals surface area contributed by atoms with E-state index in [0.29, 0.717) is 16.3 Å². The highest BCUT2D eigenvalue weighted by atomic mass is 32.2. The van der Waals surface area contributed by atoms with Crippen LogP contribution in [0.25, 0.3) is 5.00 Å². The number of tetrazole rings is 1. The fourth-order valence-corrected chi connectivity index (χ4v) is 4.65. The van der Waals surface area contributed by atoms with Gasteiger partial charge in [0.1, 0.15) is 9.88 Å². The van der Waals surface area contributed by atoms with E-state index in [9.17, 15) is 18.0 Å². The maximum atomic E-state index is 12.9. The molecule has 3 rings (SSSR count). The number of carboxylic acids is 1. The summed E-state index contributed by atoms with van der Waals surface area (Å²) in [6.07, 6.45) is -4.02. The summed E-state index contributed by atoms with van der Waals surface area (Å²) < 4.78 is 40.0. The number of carboxylic acid groups (broad SMARTS) is 1. The van der Waals surface area contributed by atoms with Crippen molar-refractivity contribution in [3.63, 3.8) is 0 Å². The third-order valence-corrected chi connectivity index (χ3v) is 6.14. The van der Waals surface area contributed by atoms with Crippen LogP contribution in [0.15, 0.2) is 21.6 Å². The van der Waals surface area contributed by atoms with Crippen LogP contribution >= 0.6 is 34.4 Å². The largest absolute Gasteiger partial charge is 0.477 e. The first-order valence-electron chi connectivity index (χ1n) is 6.66. The van der Waals surface area contributed by atoms with Crippen LogP contribution in [0, 0.1) is 0 Å². The Labute approximate surface area is 150 Å². The topological polar surface area (TPSA) is 93.8 Å². The molecule has 7 nitrogen and oxygen atoms in total. The highest BCUT2D eigenvalue weighted by molar-refractivity contribution is 8.00. The molecule has 0 spiro atoms. The number of hydrogen-bond donors (Lipinski definition) is 1. The van der Waals surface area contributed by atoms with Gasteiger partial charge in [-0.2, -0.15) is 17.9 Å². The SMILES string of the molecule is CCc1ccc(-n2nnnc2Sc2nc(C(F)(F)F)c(C(=O)O)s2)s1. The predicted molar refractivity (Wildman–Crippen MR) is 84.6 cm³/mol. The average Bonchev–Trinajstić information content (AvgIpc) is 3.24. The number of nitrogens with zero attached hydrogens (tertiary/aromatic N) is 5. The molecular weight excluding hydrogens is 399 g/mol. The Bertz CT molecular complexity index is 917. The Morgan fingerprint density at radius 3 is 2.68 bits per heavy atom. The van der Waals surface area contributed by atoms with Crippen molar-refractivity contribution in [2.24, 2.45) is 0 Å². The maximum Gasteiger partial charge on any atom is 0.435 e. The van der Waals surface area contributed by atoms with Crippen LogP contribution in [0.4, 0.5) is 13.2 Å². The van der Waals surface area contributed by atoms with Gasteiger partial charge in [-0.15, -0.1) is 16.4 Å². The zero-order valence-electron chi connectivity index (χ0n) is 12.3. The number of thiophene rings is 1. The molecule has 0 radical (unpaired) electrons. The van der Waals surface area contributed by atoms with E-state index in [2.05, 4.69) is 20.5 Å². The van der Waals surface area contributed by atoms with Gasteiger partial charge in [-0.05, 0) is 40.7 Å². The van der Waals surface area contributed by atoms with Gasteiger partial charge in [0.05, 0.1) is 0 Å². The van der Waals surface area contributed by atoms with Gasteiger partial charge in [0.15, 0.2) is 10.0 Å². The van der Waals surface area contributed by atoms with Gasteiger partial charge in [-0.25, -0.2) is 9.78 Å². The monoisotopic (exact) mass is 407 g/mol. The molecule has 132 valence electrons. The number of halogens is 3. The lowest BCUT2D eigenvalue weighted by atomic mass is 10.3. The molecule has 3 aromatic heterocycles. The van der Waals surface area contributed by atoms with Gasteiger partial charge in [0.25, 0.3) is 0 Å². The Morgan fingerprint density at radius 1 is 1.36 bits per heavy atom. The van der Waals surface area contributed by atoms with Crippen molar-refractivity contribution in [2.75, 3.05) is 0 Å². The van der Waals surface area contributed by atoms with Gasteiger partial charge in [0, 0.05) is 4.88 Å². The summed E-state index contributed by atoms with van der Waals surface area (Å²) in [4.78, 5) is 14.7. The summed E-state index contributed by atoms with van der Waals surface area (Å²) in [5.41, 5.74) is -1.42. The van der Waals surface area contributed by atoms with Crippen LogP contribution in [-0.2, 0) is 12.6 Å². The molecule has 0 aromatic carbocycles. The van der Waals surface area contributed by atoms with Crippen LogP contribution in [-0.4, -0.2) is 36.3 Å². The molecule has 25 heavy (non-hydrogen) atoms. The number of thiazole rings is 1.